The number of nitrogens with zero attached hydrogens (tertiary/aromatic N) is 2. The Balaban J connectivity index is 2.23. The third-order valence-electron chi connectivity index (χ3n) is 2.79. The molecule has 0 aliphatic heterocycles. The van der Waals surface area contributed by atoms with E-state index in [-0.39, 0.29) is 5.78 Å². The van der Waals surface area contributed by atoms with Crippen LogP contribution in [-0.2, 0) is 13.5 Å². The molecule has 2 aromatic rings. The van der Waals surface area contributed by atoms with Gasteiger partial charge in [0.25, 0.3) is 0 Å². The number of rotatable bonds is 3. The quantitative estimate of drug-likeness (QED) is 0.644. The molecule has 0 fully saturated rings. The monoisotopic (exact) mass is 229 g/mol. The van der Waals surface area contributed by atoms with Gasteiger partial charge in [-0.05, 0) is 24.6 Å². The van der Waals surface area contributed by atoms with Gasteiger partial charge in [-0.3, -0.25) is 9.48 Å². The summed E-state index contributed by atoms with van der Waals surface area (Å²) in [6, 6.07) is 7.25. The normalized spacial score (nSPS) is 10.5. The lowest BCUT2D eigenvalue weighted by atomic mass is 10.0. The van der Waals surface area contributed by atoms with Crippen LogP contribution in [0.4, 0.5) is 5.69 Å². The number of carbonyl (C=O) groups is 1. The highest BCUT2D eigenvalue weighted by Gasteiger charge is 2.12. The second-order valence-electron chi connectivity index (χ2n) is 4.10. The summed E-state index contributed by atoms with van der Waals surface area (Å²) >= 11 is 0. The van der Waals surface area contributed by atoms with E-state index in [9.17, 15) is 4.79 Å². The van der Waals surface area contributed by atoms with Crippen molar-refractivity contribution in [1.82, 2.24) is 9.78 Å². The molecular weight excluding hydrogens is 214 g/mol. The summed E-state index contributed by atoms with van der Waals surface area (Å²) in [6.45, 7) is 1.86. The lowest BCUT2D eigenvalue weighted by Gasteiger charge is -2.06. The molecule has 4 heteroatoms. The molecule has 0 unspecified atom stereocenters. The van der Waals surface area contributed by atoms with Gasteiger partial charge in [0.15, 0.2) is 5.78 Å². The van der Waals surface area contributed by atoms with Gasteiger partial charge in [0.05, 0.1) is 12.1 Å². The predicted molar refractivity (Wildman–Crippen MR) is 66.8 cm³/mol. The molecule has 0 bridgehead atoms. The van der Waals surface area contributed by atoms with Gasteiger partial charge in [0.1, 0.15) is 0 Å². The summed E-state index contributed by atoms with van der Waals surface area (Å²) in [6.07, 6.45) is 2.14. The summed E-state index contributed by atoms with van der Waals surface area (Å²) in [5.41, 5.74) is 8.73. The van der Waals surface area contributed by atoms with E-state index in [1.165, 1.54) is 0 Å². The average molecular weight is 229 g/mol. The minimum Gasteiger partial charge on any atom is -0.398 e. The lowest BCUT2D eigenvalue weighted by Crippen LogP contribution is -2.08. The lowest BCUT2D eigenvalue weighted by molar-refractivity contribution is 0.0991. The molecule has 4 nitrogen and oxygen atoms in total. The SMILES string of the molecule is Cc1c(N)cccc1C(=O)Cc1ccn(C)n1. The van der Waals surface area contributed by atoms with E-state index in [1.54, 1.807) is 22.9 Å². The van der Waals surface area contributed by atoms with E-state index in [0.717, 1.165) is 11.3 Å². The molecule has 0 atom stereocenters. The smallest absolute Gasteiger partial charge is 0.169 e. The number of carbonyl (C=O) groups excluding carboxylic acids is 1. The molecule has 0 spiro atoms. The van der Waals surface area contributed by atoms with Crippen LogP contribution in [0.15, 0.2) is 30.5 Å². The molecule has 0 aliphatic carbocycles. The largest absolute Gasteiger partial charge is 0.398 e. The third-order valence-corrected chi connectivity index (χ3v) is 2.79. The fraction of sp³-hybridized carbons (Fsp3) is 0.231. The molecule has 0 saturated carbocycles. The van der Waals surface area contributed by atoms with Crippen LogP contribution < -0.4 is 5.73 Å². The average Bonchev–Trinajstić information content (AvgIpc) is 2.68. The summed E-state index contributed by atoms with van der Waals surface area (Å²) < 4.78 is 1.69. The number of nitrogens with two attached hydrogens (primary N) is 1. The first-order valence-corrected chi connectivity index (χ1v) is 5.44. The van der Waals surface area contributed by atoms with Crippen molar-refractivity contribution in [1.29, 1.82) is 0 Å². The highest BCUT2D eigenvalue weighted by Crippen LogP contribution is 2.17. The highest BCUT2D eigenvalue weighted by atomic mass is 16.1. The molecule has 0 amide bonds. The van der Waals surface area contributed by atoms with Crippen LogP contribution in [0.1, 0.15) is 21.6 Å². The van der Waals surface area contributed by atoms with Gasteiger partial charge in [-0.1, -0.05) is 12.1 Å². The van der Waals surface area contributed by atoms with Gasteiger partial charge in [-0.25, -0.2) is 0 Å². The maximum atomic E-state index is 12.1. The van der Waals surface area contributed by atoms with E-state index in [1.807, 2.05) is 26.2 Å². The zero-order valence-corrected chi connectivity index (χ0v) is 9.97. The fourth-order valence-corrected chi connectivity index (χ4v) is 1.77. The number of Topliss-reactive ketones (excluding diaryl/α,β-unsaturated/α-hetero) is 1. The second kappa shape index (κ2) is 4.41. The van der Waals surface area contributed by atoms with Gasteiger partial charge in [-0.2, -0.15) is 5.10 Å². The molecule has 0 saturated heterocycles. The van der Waals surface area contributed by atoms with Crippen LogP contribution in [0.25, 0.3) is 0 Å². The summed E-state index contributed by atoms with van der Waals surface area (Å²) in [5, 5.41) is 4.19. The van der Waals surface area contributed by atoms with Crippen LogP contribution in [0, 0.1) is 6.92 Å². The van der Waals surface area contributed by atoms with Gasteiger partial charge in [0.2, 0.25) is 0 Å². The Morgan fingerprint density at radius 3 is 2.82 bits per heavy atom. The van der Waals surface area contributed by atoms with Crippen molar-refractivity contribution in [3.63, 3.8) is 0 Å². The number of benzene rings is 1. The van der Waals surface area contributed by atoms with E-state index < -0.39 is 0 Å². The van der Waals surface area contributed by atoms with Crippen molar-refractivity contribution in [2.75, 3.05) is 5.73 Å². The van der Waals surface area contributed by atoms with Crippen LogP contribution in [-0.4, -0.2) is 15.6 Å². The number of ketones is 1. The molecular formula is C13H15N3O. The van der Waals surface area contributed by atoms with E-state index in [0.29, 0.717) is 17.7 Å². The highest BCUT2D eigenvalue weighted by molar-refractivity contribution is 5.99. The van der Waals surface area contributed by atoms with Crippen molar-refractivity contribution in [3.05, 3.63) is 47.3 Å². The Morgan fingerprint density at radius 2 is 2.18 bits per heavy atom. The molecule has 2 N–H and O–H groups in total. The Kier molecular flexibility index (Phi) is 2.95. The maximum absolute atomic E-state index is 12.1. The minimum absolute atomic E-state index is 0.0495. The van der Waals surface area contributed by atoms with Crippen LogP contribution in [0.3, 0.4) is 0 Å². The molecule has 88 valence electrons. The Labute approximate surface area is 100 Å². The fourth-order valence-electron chi connectivity index (χ4n) is 1.77. The number of aromatic nitrogens is 2. The van der Waals surface area contributed by atoms with Crippen molar-refractivity contribution < 1.29 is 4.79 Å². The zero-order valence-electron chi connectivity index (χ0n) is 9.97. The molecule has 0 aliphatic rings. The van der Waals surface area contributed by atoms with Crippen LogP contribution >= 0.6 is 0 Å². The van der Waals surface area contributed by atoms with E-state index in [2.05, 4.69) is 5.10 Å². The van der Waals surface area contributed by atoms with Crippen molar-refractivity contribution in [2.45, 2.75) is 13.3 Å². The van der Waals surface area contributed by atoms with Gasteiger partial charge >= 0.3 is 0 Å². The van der Waals surface area contributed by atoms with Crippen molar-refractivity contribution in [2.24, 2.45) is 7.05 Å². The Morgan fingerprint density at radius 1 is 1.41 bits per heavy atom. The Bertz CT molecular complexity index is 558. The zero-order chi connectivity index (χ0) is 12.4. The van der Waals surface area contributed by atoms with Gasteiger partial charge < -0.3 is 5.73 Å². The number of hydrogen-bond acceptors (Lipinski definition) is 3. The first-order chi connectivity index (χ1) is 8.08. The van der Waals surface area contributed by atoms with Crippen molar-refractivity contribution >= 4 is 11.5 Å². The van der Waals surface area contributed by atoms with Crippen molar-refractivity contribution in [3.8, 4) is 0 Å². The molecule has 0 radical (unpaired) electrons. The molecule has 2 rings (SSSR count). The van der Waals surface area contributed by atoms with Crippen LogP contribution in [0.2, 0.25) is 0 Å². The summed E-state index contributed by atoms with van der Waals surface area (Å²) in [5.74, 6) is 0.0495. The number of aryl methyl sites for hydroxylation is 1. The minimum atomic E-state index is 0.0495. The van der Waals surface area contributed by atoms with Crippen LogP contribution in [0.5, 0.6) is 0 Å². The standard InChI is InChI=1S/C13H15N3O/c1-9-11(4-3-5-12(9)14)13(17)8-10-6-7-16(2)15-10/h3-7H,8,14H2,1-2H3. The summed E-state index contributed by atoms with van der Waals surface area (Å²) in [4.78, 5) is 12.1. The third kappa shape index (κ3) is 2.36. The summed E-state index contributed by atoms with van der Waals surface area (Å²) in [7, 11) is 1.83. The van der Waals surface area contributed by atoms with E-state index >= 15 is 0 Å². The first kappa shape index (κ1) is 11.4. The predicted octanol–water partition coefficient (Wildman–Crippen LogP) is 1.74. The first-order valence-electron chi connectivity index (χ1n) is 5.44. The molecule has 1 aromatic carbocycles. The van der Waals surface area contributed by atoms with Gasteiger partial charge in [-0.15, -0.1) is 0 Å². The second-order valence-corrected chi connectivity index (χ2v) is 4.10. The van der Waals surface area contributed by atoms with E-state index in [4.69, 9.17) is 5.73 Å². The molecule has 1 aromatic heterocycles. The molecule has 1 heterocycles. The topological polar surface area (TPSA) is 60.9 Å². The Hall–Kier alpha value is -2.10. The number of hydrogen-bond donors (Lipinski definition) is 1. The number of nitrogen functional groups attached to an aromatic ring is 1. The van der Waals surface area contributed by atoms with Gasteiger partial charge in [0, 0.05) is 24.5 Å². The number of anilines is 1. The molecule has 17 heavy (non-hydrogen) atoms. The maximum Gasteiger partial charge on any atom is 0.169 e.